The molecule has 2 rings (SSSR count). The van der Waals surface area contributed by atoms with Gasteiger partial charge in [-0.15, -0.1) is 11.8 Å². The molecule has 22 heavy (non-hydrogen) atoms. The molecule has 0 atom stereocenters. The Labute approximate surface area is 133 Å². The van der Waals surface area contributed by atoms with Crippen LogP contribution in [0.25, 0.3) is 0 Å². The van der Waals surface area contributed by atoms with Crippen LogP contribution in [0.1, 0.15) is 22.3 Å². The number of aryl methyl sites for hydroxylation is 3. The van der Waals surface area contributed by atoms with Crippen molar-refractivity contribution in [3.63, 3.8) is 0 Å². The number of benzene rings is 1. The molecule has 0 unspecified atom stereocenters. The van der Waals surface area contributed by atoms with E-state index in [4.69, 9.17) is 11.5 Å². The van der Waals surface area contributed by atoms with E-state index in [0.717, 1.165) is 0 Å². The lowest BCUT2D eigenvalue weighted by Crippen LogP contribution is -2.03. The number of nitrogens with zero attached hydrogens (tertiary/aromatic N) is 2. The number of hydrogen-bond acceptors (Lipinski definition) is 6. The summed E-state index contributed by atoms with van der Waals surface area (Å²) in [6.45, 7) is 6.13. The minimum Gasteiger partial charge on any atom is -0.384 e. The first-order chi connectivity index (χ1) is 10.3. The summed E-state index contributed by atoms with van der Waals surface area (Å²) in [6, 6.07) is 5.71. The molecule has 1 aromatic carbocycles. The number of thioether (sulfide) groups is 1. The smallest absolute Gasteiger partial charge is 0.324 e. The first-order valence-corrected chi connectivity index (χ1v) is 7.68. The molecule has 2 aromatic rings. The number of anilines is 2. The van der Waals surface area contributed by atoms with E-state index in [1.165, 1.54) is 40.1 Å². The second kappa shape index (κ2) is 6.23. The van der Waals surface area contributed by atoms with Crippen LogP contribution in [0, 0.1) is 30.9 Å². The van der Waals surface area contributed by atoms with Gasteiger partial charge in [0.05, 0.1) is 9.82 Å². The summed E-state index contributed by atoms with van der Waals surface area (Å²) < 4.78 is 0. The normalized spacial score (nSPS) is 10.7. The summed E-state index contributed by atoms with van der Waals surface area (Å²) in [5.74, 6) is 0.648. The standard InChI is InChI=1S/C15H18N4O2S/c1-8-4-9(2)11(10(3)5-8)7-22-12-6-13(16)18-15(17)14(12)19(20)21/h4-6H,7H2,1-3H3,(H4,16,17,18). The quantitative estimate of drug-likeness (QED) is 0.508. The molecule has 1 aromatic heterocycles. The van der Waals surface area contributed by atoms with E-state index in [-0.39, 0.29) is 17.3 Å². The van der Waals surface area contributed by atoms with E-state index in [0.29, 0.717) is 10.6 Å². The number of aromatic nitrogens is 1. The van der Waals surface area contributed by atoms with Gasteiger partial charge in [-0.25, -0.2) is 4.98 Å². The Hall–Kier alpha value is -2.28. The summed E-state index contributed by atoms with van der Waals surface area (Å²) in [5, 5.41) is 11.2. The van der Waals surface area contributed by atoms with Crippen LogP contribution in [0.2, 0.25) is 0 Å². The van der Waals surface area contributed by atoms with Gasteiger partial charge >= 0.3 is 5.69 Å². The maximum atomic E-state index is 11.2. The summed E-state index contributed by atoms with van der Waals surface area (Å²) in [5.41, 5.74) is 15.8. The molecule has 6 nitrogen and oxygen atoms in total. The van der Waals surface area contributed by atoms with Crippen LogP contribution >= 0.6 is 11.8 Å². The third-order valence-electron chi connectivity index (χ3n) is 3.40. The van der Waals surface area contributed by atoms with Gasteiger partial charge < -0.3 is 11.5 Å². The van der Waals surface area contributed by atoms with Crippen LogP contribution in [0.5, 0.6) is 0 Å². The van der Waals surface area contributed by atoms with Crippen molar-refractivity contribution in [1.29, 1.82) is 0 Å². The Kier molecular flexibility index (Phi) is 4.56. The zero-order chi connectivity index (χ0) is 16.4. The molecule has 0 saturated carbocycles. The summed E-state index contributed by atoms with van der Waals surface area (Å²) in [4.78, 5) is 14.9. The maximum Gasteiger partial charge on any atom is 0.324 e. The van der Waals surface area contributed by atoms with E-state index in [1.807, 2.05) is 20.8 Å². The fraction of sp³-hybridized carbons (Fsp3) is 0.267. The van der Waals surface area contributed by atoms with Gasteiger partial charge in [0.15, 0.2) is 0 Å². The highest BCUT2D eigenvalue weighted by Gasteiger charge is 2.21. The molecule has 0 saturated heterocycles. The molecule has 0 aliphatic carbocycles. The molecule has 0 aliphatic rings. The molecular formula is C15H18N4O2S. The van der Waals surface area contributed by atoms with Crippen molar-refractivity contribution in [2.75, 3.05) is 11.5 Å². The van der Waals surface area contributed by atoms with Gasteiger partial charge in [0.2, 0.25) is 5.82 Å². The number of nitrogen functional groups attached to an aromatic ring is 2. The van der Waals surface area contributed by atoms with Gasteiger partial charge in [0.25, 0.3) is 0 Å². The number of pyridine rings is 1. The minimum absolute atomic E-state index is 0.148. The molecule has 7 heteroatoms. The number of nitro groups is 1. The zero-order valence-electron chi connectivity index (χ0n) is 12.7. The van der Waals surface area contributed by atoms with Crippen molar-refractivity contribution < 1.29 is 4.92 Å². The SMILES string of the molecule is Cc1cc(C)c(CSc2cc(N)nc(N)c2[N+](=O)[O-])c(C)c1. The van der Waals surface area contributed by atoms with Crippen LogP contribution in [-0.2, 0) is 5.75 Å². The van der Waals surface area contributed by atoms with E-state index in [9.17, 15) is 10.1 Å². The Morgan fingerprint density at radius 3 is 2.32 bits per heavy atom. The van der Waals surface area contributed by atoms with Crippen LogP contribution in [0.3, 0.4) is 0 Å². The predicted molar refractivity (Wildman–Crippen MR) is 89.9 cm³/mol. The first kappa shape index (κ1) is 16.1. The Morgan fingerprint density at radius 1 is 1.18 bits per heavy atom. The van der Waals surface area contributed by atoms with Gasteiger partial charge in [-0.1, -0.05) is 17.7 Å². The average Bonchev–Trinajstić information content (AvgIpc) is 2.35. The van der Waals surface area contributed by atoms with Crippen LogP contribution in [0.4, 0.5) is 17.3 Å². The molecule has 0 amide bonds. The Balaban J connectivity index is 2.35. The molecule has 4 N–H and O–H groups in total. The van der Waals surface area contributed by atoms with Crippen molar-refractivity contribution in [2.45, 2.75) is 31.4 Å². The lowest BCUT2D eigenvalue weighted by Gasteiger charge is -2.11. The third kappa shape index (κ3) is 3.30. The largest absolute Gasteiger partial charge is 0.384 e. The molecule has 0 radical (unpaired) electrons. The maximum absolute atomic E-state index is 11.2. The van der Waals surface area contributed by atoms with Gasteiger partial charge in [-0.05, 0) is 37.5 Å². The molecule has 0 aliphatic heterocycles. The van der Waals surface area contributed by atoms with Gasteiger partial charge in [0.1, 0.15) is 5.82 Å². The van der Waals surface area contributed by atoms with Crippen molar-refractivity contribution in [2.24, 2.45) is 0 Å². The second-order valence-electron chi connectivity index (χ2n) is 5.20. The summed E-state index contributed by atoms with van der Waals surface area (Å²) >= 11 is 1.35. The van der Waals surface area contributed by atoms with Gasteiger partial charge in [-0.2, -0.15) is 0 Å². The molecule has 1 heterocycles. The molecule has 116 valence electrons. The van der Waals surface area contributed by atoms with Gasteiger partial charge in [0, 0.05) is 11.8 Å². The van der Waals surface area contributed by atoms with Crippen molar-refractivity contribution in [1.82, 2.24) is 4.98 Å². The molecule has 0 bridgehead atoms. The highest BCUT2D eigenvalue weighted by Crippen LogP contribution is 2.37. The molecule has 0 fully saturated rings. The number of nitrogens with two attached hydrogens (primary N) is 2. The Bertz CT molecular complexity index is 724. The second-order valence-corrected chi connectivity index (χ2v) is 6.22. The summed E-state index contributed by atoms with van der Waals surface area (Å²) in [6.07, 6.45) is 0. The van der Waals surface area contributed by atoms with Crippen molar-refractivity contribution >= 4 is 29.1 Å². The van der Waals surface area contributed by atoms with Crippen molar-refractivity contribution in [3.05, 3.63) is 50.6 Å². The molecule has 0 spiro atoms. The molecular weight excluding hydrogens is 300 g/mol. The van der Waals surface area contributed by atoms with Crippen molar-refractivity contribution in [3.8, 4) is 0 Å². The third-order valence-corrected chi connectivity index (χ3v) is 4.45. The highest BCUT2D eigenvalue weighted by atomic mass is 32.2. The van der Waals surface area contributed by atoms with E-state index in [2.05, 4.69) is 17.1 Å². The fourth-order valence-electron chi connectivity index (χ4n) is 2.43. The number of rotatable bonds is 4. The predicted octanol–water partition coefficient (Wildman–Crippen LogP) is 3.37. The van der Waals surface area contributed by atoms with E-state index < -0.39 is 4.92 Å². The fourth-order valence-corrected chi connectivity index (χ4v) is 3.71. The van der Waals surface area contributed by atoms with Crippen LogP contribution in [0.15, 0.2) is 23.1 Å². The zero-order valence-corrected chi connectivity index (χ0v) is 13.5. The van der Waals surface area contributed by atoms with Gasteiger partial charge in [-0.3, -0.25) is 10.1 Å². The van der Waals surface area contributed by atoms with E-state index >= 15 is 0 Å². The van der Waals surface area contributed by atoms with Crippen LogP contribution < -0.4 is 11.5 Å². The number of hydrogen-bond donors (Lipinski definition) is 2. The monoisotopic (exact) mass is 318 g/mol. The first-order valence-electron chi connectivity index (χ1n) is 6.69. The van der Waals surface area contributed by atoms with E-state index in [1.54, 1.807) is 0 Å². The topological polar surface area (TPSA) is 108 Å². The summed E-state index contributed by atoms with van der Waals surface area (Å²) in [7, 11) is 0. The van der Waals surface area contributed by atoms with Crippen LogP contribution in [-0.4, -0.2) is 9.91 Å². The Morgan fingerprint density at radius 2 is 1.77 bits per heavy atom. The lowest BCUT2D eigenvalue weighted by atomic mass is 10.0. The highest BCUT2D eigenvalue weighted by molar-refractivity contribution is 7.98. The average molecular weight is 318 g/mol. The lowest BCUT2D eigenvalue weighted by molar-refractivity contribution is -0.387. The minimum atomic E-state index is -0.515.